The highest BCUT2D eigenvalue weighted by atomic mass is 16.3. The van der Waals surface area contributed by atoms with Crippen molar-refractivity contribution in [2.45, 2.75) is 33.7 Å². The number of rotatable bonds is 2. The van der Waals surface area contributed by atoms with E-state index in [1.807, 2.05) is 0 Å². The maximum atomic E-state index is 6.08. The van der Waals surface area contributed by atoms with Crippen molar-refractivity contribution in [2.75, 3.05) is 0 Å². The van der Waals surface area contributed by atoms with E-state index in [0.717, 1.165) is 16.7 Å². The lowest BCUT2D eigenvalue weighted by atomic mass is 10.0. The monoisotopic (exact) mass is 217 g/mol. The average molecular weight is 217 g/mol. The van der Waals surface area contributed by atoms with Crippen molar-refractivity contribution in [2.24, 2.45) is 11.7 Å². The first-order valence-electron chi connectivity index (χ1n) is 5.75. The molecular formula is C14H19NO. The minimum Gasteiger partial charge on any atom is -0.459 e. The topological polar surface area (TPSA) is 39.2 Å². The van der Waals surface area contributed by atoms with Gasteiger partial charge in [0.1, 0.15) is 11.3 Å². The maximum Gasteiger partial charge on any atom is 0.134 e. The number of benzene rings is 1. The average Bonchev–Trinajstić information content (AvgIpc) is 2.60. The predicted molar refractivity (Wildman–Crippen MR) is 67.5 cm³/mol. The van der Waals surface area contributed by atoms with Crippen molar-refractivity contribution in [1.29, 1.82) is 0 Å². The van der Waals surface area contributed by atoms with Gasteiger partial charge in [-0.1, -0.05) is 13.8 Å². The highest BCUT2D eigenvalue weighted by Crippen LogP contribution is 2.28. The van der Waals surface area contributed by atoms with E-state index in [0.29, 0.717) is 5.92 Å². The molecule has 1 unspecified atom stereocenters. The molecule has 0 aliphatic rings. The number of fused-ring (bicyclic) bond motifs is 1. The van der Waals surface area contributed by atoms with E-state index in [9.17, 15) is 0 Å². The summed E-state index contributed by atoms with van der Waals surface area (Å²) < 4.78 is 5.80. The van der Waals surface area contributed by atoms with Crippen LogP contribution in [0.25, 0.3) is 11.0 Å². The van der Waals surface area contributed by atoms with E-state index in [-0.39, 0.29) is 6.04 Å². The molecule has 0 fully saturated rings. The van der Waals surface area contributed by atoms with Crippen molar-refractivity contribution < 1.29 is 4.42 Å². The van der Waals surface area contributed by atoms with Gasteiger partial charge in [0.2, 0.25) is 0 Å². The minimum atomic E-state index is -0.0204. The van der Waals surface area contributed by atoms with Gasteiger partial charge >= 0.3 is 0 Å². The third-order valence-corrected chi connectivity index (χ3v) is 3.20. The molecule has 2 nitrogen and oxygen atoms in total. The molecule has 2 heteroatoms. The minimum absolute atomic E-state index is 0.0204. The molecule has 0 saturated heterocycles. The zero-order valence-electron chi connectivity index (χ0n) is 10.4. The van der Waals surface area contributed by atoms with Gasteiger partial charge < -0.3 is 10.2 Å². The third-order valence-electron chi connectivity index (χ3n) is 3.20. The van der Waals surface area contributed by atoms with Gasteiger partial charge in [-0.15, -0.1) is 0 Å². The van der Waals surface area contributed by atoms with Gasteiger partial charge in [-0.2, -0.15) is 0 Å². The molecule has 0 radical (unpaired) electrons. The molecule has 2 N–H and O–H groups in total. The normalized spacial score (nSPS) is 13.6. The molecular weight excluding hydrogens is 198 g/mol. The molecule has 0 bridgehead atoms. The van der Waals surface area contributed by atoms with Gasteiger partial charge in [0, 0.05) is 5.39 Å². The lowest BCUT2D eigenvalue weighted by Crippen LogP contribution is -2.15. The second-order valence-corrected chi connectivity index (χ2v) is 4.89. The number of hydrogen-bond acceptors (Lipinski definition) is 2. The molecule has 0 amide bonds. The summed E-state index contributed by atoms with van der Waals surface area (Å²) in [5.74, 6) is 1.28. The standard InChI is InChI=1S/C14H19NO/c1-8(2)14(15)13-7-11-5-9(3)10(4)6-12(11)16-13/h5-8,14H,15H2,1-4H3. The van der Waals surface area contributed by atoms with Crippen LogP contribution in [0, 0.1) is 19.8 Å². The predicted octanol–water partition coefficient (Wildman–Crippen LogP) is 3.71. The van der Waals surface area contributed by atoms with E-state index in [2.05, 4.69) is 45.9 Å². The lowest BCUT2D eigenvalue weighted by Gasteiger charge is -2.11. The molecule has 2 aromatic rings. The number of hydrogen-bond donors (Lipinski definition) is 1. The Morgan fingerprint density at radius 2 is 1.69 bits per heavy atom. The van der Waals surface area contributed by atoms with Crippen LogP contribution in [0.4, 0.5) is 0 Å². The van der Waals surface area contributed by atoms with Crippen molar-refractivity contribution >= 4 is 11.0 Å². The van der Waals surface area contributed by atoms with Crippen molar-refractivity contribution in [1.82, 2.24) is 0 Å². The molecule has 2 rings (SSSR count). The quantitative estimate of drug-likeness (QED) is 0.833. The van der Waals surface area contributed by atoms with Crippen LogP contribution in [-0.2, 0) is 0 Å². The largest absolute Gasteiger partial charge is 0.459 e. The van der Waals surface area contributed by atoms with Crippen LogP contribution in [0.5, 0.6) is 0 Å². The molecule has 1 aromatic carbocycles. The summed E-state index contributed by atoms with van der Waals surface area (Å²) >= 11 is 0. The van der Waals surface area contributed by atoms with E-state index in [4.69, 9.17) is 10.2 Å². The molecule has 0 aliphatic carbocycles. The molecule has 1 heterocycles. The molecule has 1 aromatic heterocycles. The van der Waals surface area contributed by atoms with Crippen LogP contribution in [0.2, 0.25) is 0 Å². The van der Waals surface area contributed by atoms with E-state index in [1.54, 1.807) is 0 Å². The SMILES string of the molecule is Cc1cc2cc(C(N)C(C)C)oc2cc1C. The van der Waals surface area contributed by atoms with Crippen molar-refractivity contribution in [3.8, 4) is 0 Å². The Morgan fingerprint density at radius 1 is 1.06 bits per heavy atom. The highest BCUT2D eigenvalue weighted by Gasteiger charge is 2.15. The highest BCUT2D eigenvalue weighted by molar-refractivity contribution is 5.79. The van der Waals surface area contributed by atoms with Crippen LogP contribution in [0.15, 0.2) is 22.6 Å². The van der Waals surface area contributed by atoms with E-state index in [1.165, 1.54) is 11.1 Å². The van der Waals surface area contributed by atoms with Crippen LogP contribution in [0.3, 0.4) is 0 Å². The number of furan rings is 1. The first kappa shape index (κ1) is 11.2. The Hall–Kier alpha value is -1.28. The molecule has 16 heavy (non-hydrogen) atoms. The van der Waals surface area contributed by atoms with Gasteiger partial charge in [-0.3, -0.25) is 0 Å². The molecule has 0 saturated carbocycles. The smallest absolute Gasteiger partial charge is 0.134 e. The van der Waals surface area contributed by atoms with Gasteiger partial charge in [-0.25, -0.2) is 0 Å². The van der Waals surface area contributed by atoms with Crippen LogP contribution in [-0.4, -0.2) is 0 Å². The summed E-state index contributed by atoms with van der Waals surface area (Å²) in [4.78, 5) is 0. The summed E-state index contributed by atoms with van der Waals surface area (Å²) in [6.45, 7) is 8.42. The first-order chi connectivity index (χ1) is 7.49. The Morgan fingerprint density at radius 3 is 2.31 bits per heavy atom. The zero-order chi connectivity index (χ0) is 11.9. The maximum absolute atomic E-state index is 6.08. The second-order valence-electron chi connectivity index (χ2n) is 4.89. The fraction of sp³-hybridized carbons (Fsp3) is 0.429. The molecule has 86 valence electrons. The second kappa shape index (κ2) is 3.95. The summed E-state index contributed by atoms with van der Waals surface area (Å²) in [6.07, 6.45) is 0. The van der Waals surface area contributed by atoms with Gasteiger partial charge in [0.25, 0.3) is 0 Å². The Balaban J connectivity index is 2.52. The van der Waals surface area contributed by atoms with Crippen LogP contribution >= 0.6 is 0 Å². The summed E-state index contributed by atoms with van der Waals surface area (Å²) in [5, 5.41) is 1.15. The molecule has 1 atom stereocenters. The van der Waals surface area contributed by atoms with Gasteiger partial charge in [0.15, 0.2) is 0 Å². The summed E-state index contributed by atoms with van der Waals surface area (Å²) in [7, 11) is 0. The Bertz CT molecular complexity index is 472. The Labute approximate surface area is 96.4 Å². The van der Waals surface area contributed by atoms with Crippen LogP contribution in [0.1, 0.15) is 36.8 Å². The van der Waals surface area contributed by atoms with Gasteiger partial charge in [0.05, 0.1) is 6.04 Å². The fourth-order valence-corrected chi connectivity index (χ4v) is 1.82. The zero-order valence-corrected chi connectivity index (χ0v) is 10.4. The summed E-state index contributed by atoms with van der Waals surface area (Å²) in [6, 6.07) is 6.28. The van der Waals surface area contributed by atoms with Crippen molar-refractivity contribution in [3.63, 3.8) is 0 Å². The van der Waals surface area contributed by atoms with Crippen LogP contribution < -0.4 is 5.73 Å². The Kier molecular flexibility index (Phi) is 2.76. The summed E-state index contributed by atoms with van der Waals surface area (Å²) in [5.41, 5.74) is 9.57. The fourth-order valence-electron chi connectivity index (χ4n) is 1.82. The van der Waals surface area contributed by atoms with E-state index < -0.39 is 0 Å². The van der Waals surface area contributed by atoms with E-state index >= 15 is 0 Å². The van der Waals surface area contributed by atoms with Gasteiger partial charge in [-0.05, 0) is 49.1 Å². The number of nitrogens with two attached hydrogens (primary N) is 1. The first-order valence-corrected chi connectivity index (χ1v) is 5.75. The molecule has 0 spiro atoms. The van der Waals surface area contributed by atoms with Crippen molar-refractivity contribution in [3.05, 3.63) is 35.1 Å². The third kappa shape index (κ3) is 1.85. The molecule has 0 aliphatic heterocycles. The lowest BCUT2D eigenvalue weighted by molar-refractivity contribution is 0.418. The number of aryl methyl sites for hydroxylation is 2.